The summed E-state index contributed by atoms with van der Waals surface area (Å²) in [4.78, 5) is -0.139. The normalized spacial score (nSPS) is 14.0. The molecule has 0 spiro atoms. The summed E-state index contributed by atoms with van der Waals surface area (Å²) in [7, 11) is -4.06. The highest BCUT2D eigenvalue weighted by Gasteiger charge is 2.33. The lowest BCUT2D eigenvalue weighted by Gasteiger charge is -2.26. The smallest absolute Gasteiger partial charge is 0.207 e. The maximum absolute atomic E-state index is 13.1. The van der Waals surface area contributed by atoms with Crippen molar-refractivity contribution < 1.29 is 8.42 Å². The quantitative estimate of drug-likeness (QED) is 0.544. The van der Waals surface area contributed by atoms with E-state index < -0.39 is 22.0 Å². The minimum Gasteiger partial charge on any atom is -0.207 e. The maximum Gasteiger partial charge on any atom is 0.242 e. The van der Waals surface area contributed by atoms with Crippen molar-refractivity contribution in [3.05, 3.63) is 67.9 Å². The van der Waals surface area contributed by atoms with Gasteiger partial charge in [-0.1, -0.05) is 53.0 Å². The summed E-state index contributed by atoms with van der Waals surface area (Å²) in [5.41, 5.74) is 2.78. The molecule has 1 heterocycles. The molecule has 2 N–H and O–H groups in total. The Kier molecular flexibility index (Phi) is 6.50. The zero-order valence-corrected chi connectivity index (χ0v) is 18.8. The van der Waals surface area contributed by atoms with E-state index in [0.29, 0.717) is 5.02 Å². The van der Waals surface area contributed by atoms with Gasteiger partial charge in [-0.3, -0.25) is 0 Å². The lowest BCUT2D eigenvalue weighted by molar-refractivity contribution is 0.496. The molecule has 2 unspecified atom stereocenters. The molecule has 0 fully saturated rings. The highest BCUT2D eigenvalue weighted by atomic mass is 35.5. The molecule has 0 radical (unpaired) electrons. The van der Waals surface area contributed by atoms with Crippen LogP contribution < -0.4 is 4.72 Å². The van der Waals surface area contributed by atoms with Crippen LogP contribution in [0.1, 0.15) is 41.4 Å². The Bertz CT molecular complexity index is 1140. The van der Waals surface area contributed by atoms with Gasteiger partial charge in [-0.05, 0) is 54.8 Å². The highest BCUT2D eigenvalue weighted by molar-refractivity contribution is 7.89. The first kappa shape index (κ1) is 22.0. The van der Waals surface area contributed by atoms with Crippen LogP contribution in [-0.2, 0) is 10.0 Å². The van der Waals surface area contributed by atoms with Crippen LogP contribution in [0.3, 0.4) is 0 Å². The molecule has 3 rings (SSSR count). The lowest BCUT2D eigenvalue weighted by Crippen LogP contribution is -2.33. The number of sulfonamides is 1. The first-order chi connectivity index (χ1) is 13.6. The summed E-state index contributed by atoms with van der Waals surface area (Å²) < 4.78 is 28.9. The molecular formula is C18H18Cl3N5O2S. The third-order valence-electron chi connectivity index (χ3n) is 4.79. The van der Waals surface area contributed by atoms with Crippen LogP contribution in [-0.4, -0.2) is 29.0 Å². The topological polar surface area (TPSA) is 101 Å². The van der Waals surface area contributed by atoms with Crippen LogP contribution in [0.2, 0.25) is 15.1 Å². The molecule has 0 aliphatic heterocycles. The van der Waals surface area contributed by atoms with Crippen LogP contribution in [0.5, 0.6) is 0 Å². The third kappa shape index (κ3) is 4.57. The predicted molar refractivity (Wildman–Crippen MR) is 113 cm³/mol. The number of nitrogens with zero attached hydrogens (tertiary/aromatic N) is 3. The highest BCUT2D eigenvalue weighted by Crippen LogP contribution is 2.38. The van der Waals surface area contributed by atoms with E-state index in [-0.39, 0.29) is 20.8 Å². The van der Waals surface area contributed by atoms with E-state index in [2.05, 4.69) is 25.3 Å². The predicted octanol–water partition coefficient (Wildman–Crippen LogP) is 4.60. The molecule has 0 amide bonds. The molecule has 0 saturated carbocycles. The molecule has 0 bridgehead atoms. The van der Waals surface area contributed by atoms with Crippen LogP contribution in [0.4, 0.5) is 0 Å². The van der Waals surface area contributed by atoms with E-state index in [4.69, 9.17) is 34.8 Å². The van der Waals surface area contributed by atoms with Gasteiger partial charge < -0.3 is 0 Å². The van der Waals surface area contributed by atoms with Gasteiger partial charge in [0.05, 0.1) is 11.1 Å². The van der Waals surface area contributed by atoms with Crippen molar-refractivity contribution in [1.29, 1.82) is 0 Å². The minimum absolute atomic E-state index is 0.0474. The second kappa shape index (κ2) is 8.57. The van der Waals surface area contributed by atoms with Gasteiger partial charge in [0, 0.05) is 16.0 Å². The Morgan fingerprint density at radius 2 is 1.76 bits per heavy atom. The first-order valence-corrected chi connectivity index (χ1v) is 11.2. The van der Waals surface area contributed by atoms with E-state index in [1.165, 1.54) is 18.2 Å². The van der Waals surface area contributed by atoms with E-state index in [1.807, 2.05) is 26.8 Å². The summed E-state index contributed by atoms with van der Waals surface area (Å²) in [5.74, 6) is -0.232. The van der Waals surface area contributed by atoms with Gasteiger partial charge in [-0.25, -0.2) is 8.42 Å². The van der Waals surface area contributed by atoms with E-state index in [1.54, 1.807) is 6.07 Å². The van der Waals surface area contributed by atoms with Crippen molar-refractivity contribution >= 4 is 44.8 Å². The van der Waals surface area contributed by atoms with E-state index >= 15 is 0 Å². The maximum atomic E-state index is 13.1. The van der Waals surface area contributed by atoms with E-state index in [9.17, 15) is 8.42 Å². The van der Waals surface area contributed by atoms with Crippen molar-refractivity contribution in [2.75, 3.05) is 0 Å². The van der Waals surface area contributed by atoms with Gasteiger partial charge >= 0.3 is 0 Å². The fraction of sp³-hybridized carbons (Fsp3) is 0.278. The number of nitrogens with one attached hydrogen (secondary N) is 2. The van der Waals surface area contributed by atoms with Crippen LogP contribution in [0.15, 0.2) is 35.2 Å². The molecule has 154 valence electrons. The van der Waals surface area contributed by atoms with Crippen molar-refractivity contribution in [3.8, 4) is 0 Å². The number of aryl methyl sites for hydroxylation is 1. The Labute approximate surface area is 183 Å². The van der Waals surface area contributed by atoms with Gasteiger partial charge in [-0.2, -0.15) is 9.94 Å². The number of halogens is 3. The molecule has 7 nitrogen and oxygen atoms in total. The second-order valence-corrected chi connectivity index (χ2v) is 9.57. The standard InChI is InChI=1S/C18H18Cl3N5O2S/c1-9-4-6-14(21)16(10(9)2)11(3)17(18-22-25-26-23-18)24-29(27,28)15-8-12(19)5-7-13(15)20/h4-8,11,17,24H,1-3H3,(H,22,23,25,26). The number of rotatable bonds is 6. The first-order valence-electron chi connectivity index (χ1n) is 8.58. The molecule has 11 heteroatoms. The average Bonchev–Trinajstić information content (AvgIpc) is 3.19. The second-order valence-electron chi connectivity index (χ2n) is 6.64. The summed E-state index contributed by atoms with van der Waals surface area (Å²) in [6, 6.07) is 7.06. The van der Waals surface area contributed by atoms with Gasteiger partial charge in [-0.15, -0.1) is 10.2 Å². The Morgan fingerprint density at radius 1 is 1.07 bits per heavy atom. The third-order valence-corrected chi connectivity index (χ3v) is 7.28. The Morgan fingerprint density at radius 3 is 2.41 bits per heavy atom. The van der Waals surface area contributed by atoms with Crippen LogP contribution in [0, 0.1) is 13.8 Å². The molecule has 0 saturated heterocycles. The Hall–Kier alpha value is -1.71. The number of tetrazole rings is 1. The van der Waals surface area contributed by atoms with E-state index in [0.717, 1.165) is 16.7 Å². The fourth-order valence-electron chi connectivity index (χ4n) is 3.12. The number of aromatic amines is 1. The molecule has 0 aliphatic carbocycles. The fourth-order valence-corrected chi connectivity index (χ4v) is 5.54. The zero-order valence-electron chi connectivity index (χ0n) is 15.7. The molecule has 2 aromatic carbocycles. The number of aromatic nitrogens is 4. The van der Waals surface area contributed by atoms with Gasteiger partial charge in [0.1, 0.15) is 4.90 Å². The molecule has 3 aromatic rings. The number of H-pyrrole nitrogens is 1. The number of hydrogen-bond donors (Lipinski definition) is 2. The lowest BCUT2D eigenvalue weighted by atomic mass is 9.88. The van der Waals surface area contributed by atoms with Crippen molar-refractivity contribution in [2.24, 2.45) is 0 Å². The van der Waals surface area contributed by atoms with Crippen molar-refractivity contribution in [3.63, 3.8) is 0 Å². The SMILES string of the molecule is Cc1ccc(Cl)c(C(C)C(NS(=O)(=O)c2cc(Cl)ccc2Cl)c2nn[nH]n2)c1C. The molecule has 2 atom stereocenters. The summed E-state index contributed by atoms with van der Waals surface area (Å²) in [6.07, 6.45) is 0. The number of hydrogen-bond acceptors (Lipinski definition) is 5. The minimum atomic E-state index is -4.06. The summed E-state index contributed by atoms with van der Waals surface area (Å²) in [6.45, 7) is 5.74. The van der Waals surface area contributed by atoms with Crippen molar-refractivity contribution in [2.45, 2.75) is 37.6 Å². The molecule has 0 aliphatic rings. The average molecular weight is 475 g/mol. The van der Waals surface area contributed by atoms with Gasteiger partial charge in [0.2, 0.25) is 10.0 Å². The monoisotopic (exact) mass is 473 g/mol. The van der Waals surface area contributed by atoms with Gasteiger partial charge in [0.25, 0.3) is 0 Å². The Balaban J connectivity index is 2.08. The summed E-state index contributed by atoms with van der Waals surface area (Å²) in [5, 5.41) is 14.7. The number of benzene rings is 2. The molecule has 29 heavy (non-hydrogen) atoms. The zero-order chi connectivity index (χ0) is 21.3. The van der Waals surface area contributed by atoms with Crippen LogP contribution in [0.25, 0.3) is 0 Å². The van der Waals surface area contributed by atoms with Gasteiger partial charge in [0.15, 0.2) is 5.82 Å². The van der Waals surface area contributed by atoms with Crippen molar-refractivity contribution in [1.82, 2.24) is 25.3 Å². The molecular weight excluding hydrogens is 457 g/mol. The van der Waals surface area contributed by atoms with Crippen LogP contribution >= 0.6 is 34.8 Å². The largest absolute Gasteiger partial charge is 0.242 e. The summed E-state index contributed by atoms with van der Waals surface area (Å²) >= 11 is 18.5. The molecule has 1 aromatic heterocycles.